The summed E-state index contributed by atoms with van der Waals surface area (Å²) >= 11 is 1.58. The van der Waals surface area contributed by atoms with Gasteiger partial charge in [0.05, 0.1) is 12.4 Å². The number of aryl methyl sites for hydroxylation is 1. The third-order valence-corrected chi connectivity index (χ3v) is 4.90. The molecule has 0 spiro atoms. The molecule has 1 aromatic rings. The molecule has 0 amide bonds. The molecule has 1 aromatic carbocycles. The lowest BCUT2D eigenvalue weighted by molar-refractivity contribution is 0.0979. The van der Waals surface area contributed by atoms with E-state index in [9.17, 15) is 4.79 Å². The third-order valence-electron chi connectivity index (χ3n) is 3.67. The van der Waals surface area contributed by atoms with Gasteiger partial charge in [0.2, 0.25) is 0 Å². The van der Waals surface area contributed by atoms with Crippen molar-refractivity contribution in [1.82, 2.24) is 5.32 Å². The van der Waals surface area contributed by atoms with Crippen molar-refractivity contribution in [2.75, 3.05) is 20.2 Å². The van der Waals surface area contributed by atoms with Crippen LogP contribution in [0.5, 0.6) is 5.75 Å². The van der Waals surface area contributed by atoms with Crippen LogP contribution in [-0.4, -0.2) is 36.4 Å². The fourth-order valence-corrected chi connectivity index (χ4v) is 3.66. The Morgan fingerprint density at radius 1 is 1.45 bits per heavy atom. The molecule has 0 aromatic heterocycles. The van der Waals surface area contributed by atoms with Gasteiger partial charge in [-0.1, -0.05) is 11.8 Å². The molecule has 0 bridgehead atoms. The van der Waals surface area contributed by atoms with Gasteiger partial charge in [-0.05, 0) is 43.0 Å². The Morgan fingerprint density at radius 3 is 3.10 bits per heavy atom. The number of rotatable bonds is 2. The Morgan fingerprint density at radius 2 is 2.35 bits per heavy atom. The lowest BCUT2D eigenvalue weighted by Gasteiger charge is -2.24. The summed E-state index contributed by atoms with van der Waals surface area (Å²) in [5.41, 5.74) is 1.94. The Hall–Kier alpha value is -1.49. The van der Waals surface area contributed by atoms with Crippen molar-refractivity contribution < 1.29 is 9.53 Å². The van der Waals surface area contributed by atoms with Gasteiger partial charge in [-0.15, -0.1) is 0 Å². The van der Waals surface area contributed by atoms with Crippen LogP contribution in [0.15, 0.2) is 23.2 Å². The standard InChI is InChI=1S/C15H18N2O2S/c1-19-11-4-5-12-10(9-11)3-6-13(14(12)18)20-15-16-7-2-8-17-15/h4-5,9,13H,2-3,6-8H2,1H3,(H,16,17)/t13-/m0/s1. The molecule has 1 aliphatic carbocycles. The summed E-state index contributed by atoms with van der Waals surface area (Å²) in [6.45, 7) is 1.82. The Labute approximate surface area is 123 Å². The van der Waals surface area contributed by atoms with Crippen molar-refractivity contribution >= 4 is 22.7 Å². The van der Waals surface area contributed by atoms with Crippen LogP contribution in [0, 0.1) is 0 Å². The number of carbonyl (C=O) groups excluding carboxylic acids is 1. The van der Waals surface area contributed by atoms with E-state index in [0.717, 1.165) is 54.4 Å². The minimum absolute atomic E-state index is 0.0137. The van der Waals surface area contributed by atoms with E-state index < -0.39 is 0 Å². The molecule has 0 radical (unpaired) electrons. The fraction of sp³-hybridized carbons (Fsp3) is 0.467. The summed E-state index contributed by atoms with van der Waals surface area (Å²) in [6, 6.07) is 5.73. The highest BCUT2D eigenvalue weighted by Crippen LogP contribution is 2.31. The highest BCUT2D eigenvalue weighted by Gasteiger charge is 2.29. The second-order valence-electron chi connectivity index (χ2n) is 5.00. The third kappa shape index (κ3) is 2.68. The molecule has 20 heavy (non-hydrogen) atoms. The number of ether oxygens (including phenoxy) is 1. The number of nitrogens with one attached hydrogen (secondary N) is 1. The number of benzene rings is 1. The van der Waals surface area contributed by atoms with E-state index >= 15 is 0 Å². The number of ketones is 1. The maximum Gasteiger partial charge on any atom is 0.176 e. The Kier molecular flexibility index (Phi) is 3.96. The topological polar surface area (TPSA) is 50.7 Å². The van der Waals surface area contributed by atoms with E-state index in [2.05, 4.69) is 10.3 Å². The van der Waals surface area contributed by atoms with Gasteiger partial charge in [-0.25, -0.2) is 0 Å². The lowest BCUT2D eigenvalue weighted by atomic mass is 9.90. The molecule has 106 valence electrons. The highest BCUT2D eigenvalue weighted by molar-refractivity contribution is 8.14. The van der Waals surface area contributed by atoms with Gasteiger partial charge in [0.1, 0.15) is 5.75 Å². The summed E-state index contributed by atoms with van der Waals surface area (Å²) in [5, 5.41) is 4.18. The van der Waals surface area contributed by atoms with E-state index in [1.165, 1.54) is 0 Å². The van der Waals surface area contributed by atoms with Crippen molar-refractivity contribution in [1.29, 1.82) is 0 Å². The SMILES string of the molecule is COc1ccc2c(c1)CC[C@H](SC1=NCCCN1)C2=O. The number of methoxy groups -OCH3 is 1. The summed E-state index contributed by atoms with van der Waals surface area (Å²) in [4.78, 5) is 17.0. The van der Waals surface area contributed by atoms with Crippen LogP contribution in [0.1, 0.15) is 28.8 Å². The average molecular weight is 290 g/mol. The molecule has 0 fully saturated rings. The zero-order valence-corrected chi connectivity index (χ0v) is 12.3. The summed E-state index contributed by atoms with van der Waals surface area (Å²) in [5.74, 6) is 1.04. The van der Waals surface area contributed by atoms with Crippen LogP contribution in [0.25, 0.3) is 0 Å². The highest BCUT2D eigenvalue weighted by atomic mass is 32.2. The minimum atomic E-state index is -0.0137. The summed E-state index contributed by atoms with van der Waals surface area (Å²) < 4.78 is 5.22. The second-order valence-corrected chi connectivity index (χ2v) is 6.19. The number of fused-ring (bicyclic) bond motifs is 1. The number of amidine groups is 1. The molecular formula is C15H18N2O2S. The average Bonchev–Trinajstić information content (AvgIpc) is 2.51. The van der Waals surface area contributed by atoms with Crippen LogP contribution < -0.4 is 10.1 Å². The number of Topliss-reactive ketones (excluding diaryl/α,β-unsaturated/α-hetero) is 1. The fourth-order valence-electron chi connectivity index (χ4n) is 2.57. The van der Waals surface area contributed by atoms with Crippen LogP contribution in [0.3, 0.4) is 0 Å². The van der Waals surface area contributed by atoms with Crippen molar-refractivity contribution in [2.45, 2.75) is 24.5 Å². The second kappa shape index (κ2) is 5.87. The van der Waals surface area contributed by atoms with E-state index in [0.29, 0.717) is 0 Å². The summed E-state index contributed by atoms with van der Waals surface area (Å²) in [6.07, 6.45) is 2.86. The van der Waals surface area contributed by atoms with E-state index in [1.807, 2.05) is 18.2 Å². The maximum atomic E-state index is 12.5. The molecule has 0 saturated heterocycles. The number of hydrogen-bond acceptors (Lipinski definition) is 5. The zero-order chi connectivity index (χ0) is 13.9. The van der Waals surface area contributed by atoms with Crippen LogP contribution >= 0.6 is 11.8 Å². The van der Waals surface area contributed by atoms with Gasteiger partial charge in [0, 0.05) is 18.7 Å². The Bertz CT molecular complexity index is 557. The van der Waals surface area contributed by atoms with E-state index in [1.54, 1.807) is 18.9 Å². The van der Waals surface area contributed by atoms with E-state index in [-0.39, 0.29) is 11.0 Å². The first-order valence-corrected chi connectivity index (χ1v) is 7.82. The van der Waals surface area contributed by atoms with Crippen molar-refractivity contribution in [3.8, 4) is 5.75 Å². The molecule has 5 heteroatoms. The Balaban J connectivity index is 1.77. The molecule has 4 nitrogen and oxygen atoms in total. The van der Waals surface area contributed by atoms with E-state index in [4.69, 9.17) is 4.74 Å². The molecule has 2 aliphatic rings. The van der Waals surface area contributed by atoms with Gasteiger partial charge in [0.25, 0.3) is 0 Å². The molecule has 0 saturated carbocycles. The monoisotopic (exact) mass is 290 g/mol. The van der Waals surface area contributed by atoms with Gasteiger partial charge < -0.3 is 10.1 Å². The lowest BCUT2D eigenvalue weighted by Crippen LogP contribution is -2.32. The van der Waals surface area contributed by atoms with Gasteiger partial charge in [0.15, 0.2) is 11.0 Å². The molecule has 1 heterocycles. The van der Waals surface area contributed by atoms with Crippen LogP contribution in [0.2, 0.25) is 0 Å². The minimum Gasteiger partial charge on any atom is -0.497 e. The first-order chi connectivity index (χ1) is 9.78. The molecule has 1 N–H and O–H groups in total. The smallest absolute Gasteiger partial charge is 0.176 e. The number of thioether (sulfide) groups is 1. The molecule has 0 unspecified atom stereocenters. The van der Waals surface area contributed by atoms with Crippen molar-refractivity contribution in [3.05, 3.63) is 29.3 Å². The molecule has 1 aliphatic heterocycles. The number of aliphatic imine (C=N–C) groups is 1. The molecular weight excluding hydrogens is 272 g/mol. The quantitative estimate of drug-likeness (QED) is 0.908. The number of nitrogens with zero attached hydrogens (tertiary/aromatic N) is 1. The van der Waals surface area contributed by atoms with Crippen LogP contribution in [0.4, 0.5) is 0 Å². The predicted octanol–water partition coefficient (Wildman–Crippen LogP) is 2.28. The van der Waals surface area contributed by atoms with Gasteiger partial charge in [-0.2, -0.15) is 0 Å². The number of hydrogen-bond donors (Lipinski definition) is 1. The van der Waals surface area contributed by atoms with Crippen molar-refractivity contribution in [2.24, 2.45) is 4.99 Å². The zero-order valence-electron chi connectivity index (χ0n) is 11.5. The predicted molar refractivity (Wildman–Crippen MR) is 81.9 cm³/mol. The molecule has 3 rings (SSSR count). The largest absolute Gasteiger partial charge is 0.497 e. The number of carbonyl (C=O) groups is 1. The normalized spacial score (nSPS) is 21.8. The molecule has 1 atom stereocenters. The van der Waals surface area contributed by atoms with Crippen LogP contribution in [-0.2, 0) is 6.42 Å². The van der Waals surface area contributed by atoms with Gasteiger partial charge in [-0.3, -0.25) is 9.79 Å². The summed E-state index contributed by atoms with van der Waals surface area (Å²) in [7, 11) is 1.65. The van der Waals surface area contributed by atoms with Gasteiger partial charge >= 0.3 is 0 Å². The first-order valence-electron chi connectivity index (χ1n) is 6.94. The first kappa shape index (κ1) is 13.5. The van der Waals surface area contributed by atoms with Crippen molar-refractivity contribution in [3.63, 3.8) is 0 Å². The maximum absolute atomic E-state index is 12.5.